The van der Waals surface area contributed by atoms with Crippen molar-refractivity contribution in [3.63, 3.8) is 0 Å². The van der Waals surface area contributed by atoms with Crippen molar-refractivity contribution in [3.05, 3.63) is 65.7 Å². The summed E-state index contributed by atoms with van der Waals surface area (Å²) in [5.41, 5.74) is 1.88. The first-order valence-electron chi connectivity index (χ1n) is 9.15. The van der Waals surface area contributed by atoms with Crippen LogP contribution in [-0.2, 0) is 10.5 Å². The van der Waals surface area contributed by atoms with E-state index in [2.05, 4.69) is 12.1 Å². The van der Waals surface area contributed by atoms with E-state index >= 15 is 0 Å². The van der Waals surface area contributed by atoms with Crippen molar-refractivity contribution < 1.29 is 14.3 Å². The number of hydrogen-bond donors (Lipinski definition) is 0. The summed E-state index contributed by atoms with van der Waals surface area (Å²) in [6.07, 6.45) is -0.301. The van der Waals surface area contributed by atoms with Crippen LogP contribution >= 0.6 is 11.8 Å². The highest BCUT2D eigenvalue weighted by atomic mass is 32.2. The monoisotopic (exact) mass is 384 g/mol. The number of thioether (sulfide) groups is 1. The molecule has 0 aliphatic carbocycles. The van der Waals surface area contributed by atoms with E-state index in [0.717, 1.165) is 5.75 Å². The van der Waals surface area contributed by atoms with E-state index in [1.165, 1.54) is 10.5 Å². The first-order chi connectivity index (χ1) is 13.2. The van der Waals surface area contributed by atoms with Crippen LogP contribution in [0.4, 0.5) is 4.79 Å². The van der Waals surface area contributed by atoms with Crippen LogP contribution in [-0.4, -0.2) is 54.6 Å². The Kier molecular flexibility index (Phi) is 6.76. The number of rotatable bonds is 5. The van der Waals surface area contributed by atoms with E-state index < -0.39 is 0 Å². The lowest BCUT2D eigenvalue weighted by Crippen LogP contribution is -2.50. The van der Waals surface area contributed by atoms with Gasteiger partial charge in [0.25, 0.3) is 5.91 Å². The minimum Gasteiger partial charge on any atom is -0.450 e. The van der Waals surface area contributed by atoms with Gasteiger partial charge in [-0.05, 0) is 36.8 Å². The zero-order valence-corrected chi connectivity index (χ0v) is 16.3. The number of carbonyl (C=O) groups is 2. The van der Waals surface area contributed by atoms with E-state index in [4.69, 9.17) is 4.74 Å². The fourth-order valence-corrected chi connectivity index (χ4v) is 3.79. The lowest BCUT2D eigenvalue weighted by molar-refractivity contribution is 0.0570. The van der Waals surface area contributed by atoms with Crippen molar-refractivity contribution in [1.29, 1.82) is 0 Å². The van der Waals surface area contributed by atoms with Gasteiger partial charge in [-0.2, -0.15) is 0 Å². The van der Waals surface area contributed by atoms with Gasteiger partial charge < -0.3 is 14.5 Å². The molecule has 1 saturated heterocycles. The molecule has 142 valence electrons. The SMILES string of the molecule is CCOC(=O)N1CCN(C(=O)c2ccc(CSc3ccccc3)cc2)CC1. The average molecular weight is 385 g/mol. The number of nitrogens with zero attached hydrogens (tertiary/aromatic N) is 2. The Morgan fingerprint density at radius 2 is 1.56 bits per heavy atom. The lowest BCUT2D eigenvalue weighted by atomic mass is 10.1. The molecule has 0 unspecified atom stereocenters. The number of hydrogen-bond acceptors (Lipinski definition) is 4. The third kappa shape index (κ3) is 5.26. The fourth-order valence-electron chi connectivity index (χ4n) is 2.92. The molecule has 0 radical (unpaired) electrons. The summed E-state index contributed by atoms with van der Waals surface area (Å²) in [7, 11) is 0. The zero-order chi connectivity index (χ0) is 19.1. The molecule has 6 heteroatoms. The second-order valence-electron chi connectivity index (χ2n) is 6.28. The van der Waals surface area contributed by atoms with Crippen molar-refractivity contribution >= 4 is 23.8 Å². The van der Waals surface area contributed by atoms with Crippen LogP contribution in [0, 0.1) is 0 Å². The third-order valence-electron chi connectivity index (χ3n) is 4.44. The molecule has 0 aromatic heterocycles. The minimum absolute atomic E-state index is 0.0146. The van der Waals surface area contributed by atoms with Crippen LogP contribution in [0.15, 0.2) is 59.5 Å². The van der Waals surface area contributed by atoms with Gasteiger partial charge in [0.05, 0.1) is 6.61 Å². The van der Waals surface area contributed by atoms with E-state index in [0.29, 0.717) is 38.3 Å². The molecule has 2 amide bonds. The van der Waals surface area contributed by atoms with Crippen molar-refractivity contribution in [1.82, 2.24) is 9.80 Å². The van der Waals surface area contributed by atoms with Gasteiger partial charge >= 0.3 is 6.09 Å². The van der Waals surface area contributed by atoms with Crippen LogP contribution < -0.4 is 0 Å². The van der Waals surface area contributed by atoms with Crippen molar-refractivity contribution in [2.75, 3.05) is 32.8 Å². The summed E-state index contributed by atoms with van der Waals surface area (Å²) in [4.78, 5) is 29.1. The maximum absolute atomic E-state index is 12.7. The van der Waals surface area contributed by atoms with E-state index in [9.17, 15) is 9.59 Å². The predicted molar refractivity (Wildman–Crippen MR) is 107 cm³/mol. The molecule has 0 spiro atoms. The average Bonchev–Trinajstić information content (AvgIpc) is 2.73. The van der Waals surface area contributed by atoms with E-state index in [-0.39, 0.29) is 12.0 Å². The number of ether oxygens (including phenoxy) is 1. The Balaban J connectivity index is 1.51. The van der Waals surface area contributed by atoms with Gasteiger partial charge in [-0.1, -0.05) is 30.3 Å². The van der Waals surface area contributed by atoms with Crippen LogP contribution in [0.1, 0.15) is 22.8 Å². The number of amides is 2. The highest BCUT2D eigenvalue weighted by Gasteiger charge is 2.25. The van der Waals surface area contributed by atoms with Crippen molar-refractivity contribution in [2.24, 2.45) is 0 Å². The zero-order valence-electron chi connectivity index (χ0n) is 15.5. The Bertz CT molecular complexity index is 757. The van der Waals surface area contributed by atoms with Gasteiger partial charge in [-0.3, -0.25) is 4.79 Å². The van der Waals surface area contributed by atoms with Crippen molar-refractivity contribution in [2.45, 2.75) is 17.6 Å². The molecule has 1 fully saturated rings. The number of benzene rings is 2. The molecule has 0 saturated carbocycles. The maximum Gasteiger partial charge on any atom is 0.409 e. The molecule has 27 heavy (non-hydrogen) atoms. The molecule has 1 aliphatic heterocycles. The summed E-state index contributed by atoms with van der Waals surface area (Å²) in [6.45, 7) is 4.24. The van der Waals surface area contributed by atoms with Gasteiger partial charge in [-0.15, -0.1) is 11.8 Å². The summed E-state index contributed by atoms with van der Waals surface area (Å²) in [5.74, 6) is 0.886. The molecule has 2 aromatic rings. The first kappa shape index (κ1) is 19.3. The second-order valence-corrected chi connectivity index (χ2v) is 7.33. The van der Waals surface area contributed by atoms with Crippen LogP contribution in [0.25, 0.3) is 0 Å². The molecular weight excluding hydrogens is 360 g/mol. The highest BCUT2D eigenvalue weighted by Crippen LogP contribution is 2.22. The van der Waals surface area contributed by atoms with Gasteiger partial charge in [0.2, 0.25) is 0 Å². The van der Waals surface area contributed by atoms with Crippen LogP contribution in [0.3, 0.4) is 0 Å². The molecule has 3 rings (SSSR count). The third-order valence-corrected chi connectivity index (χ3v) is 5.53. The lowest BCUT2D eigenvalue weighted by Gasteiger charge is -2.34. The molecular formula is C21H24N2O3S. The summed E-state index contributed by atoms with van der Waals surface area (Å²) >= 11 is 1.78. The van der Waals surface area contributed by atoms with Crippen LogP contribution in [0.2, 0.25) is 0 Å². The smallest absolute Gasteiger partial charge is 0.409 e. The fraction of sp³-hybridized carbons (Fsp3) is 0.333. The molecule has 1 aliphatic rings. The number of piperazine rings is 1. The summed E-state index contributed by atoms with van der Waals surface area (Å²) < 4.78 is 5.01. The molecule has 0 atom stereocenters. The Hall–Kier alpha value is -2.47. The summed E-state index contributed by atoms with van der Waals surface area (Å²) in [5, 5.41) is 0. The second kappa shape index (κ2) is 9.46. The minimum atomic E-state index is -0.301. The molecule has 2 aromatic carbocycles. The standard InChI is InChI=1S/C21H24N2O3S/c1-2-26-21(25)23-14-12-22(13-15-23)20(24)18-10-8-17(9-11-18)16-27-19-6-4-3-5-7-19/h3-11H,2,12-16H2,1H3. The quantitative estimate of drug-likeness (QED) is 0.734. The topological polar surface area (TPSA) is 49.9 Å². The molecule has 1 heterocycles. The van der Waals surface area contributed by atoms with Crippen molar-refractivity contribution in [3.8, 4) is 0 Å². The first-order valence-corrected chi connectivity index (χ1v) is 10.1. The van der Waals surface area contributed by atoms with Gasteiger partial charge in [0.15, 0.2) is 0 Å². The largest absolute Gasteiger partial charge is 0.450 e. The van der Waals surface area contributed by atoms with Gasteiger partial charge in [-0.25, -0.2) is 4.79 Å². The molecule has 5 nitrogen and oxygen atoms in total. The van der Waals surface area contributed by atoms with E-state index in [1.54, 1.807) is 28.5 Å². The molecule has 0 bridgehead atoms. The predicted octanol–water partition coefficient (Wildman–Crippen LogP) is 3.89. The highest BCUT2D eigenvalue weighted by molar-refractivity contribution is 7.98. The maximum atomic E-state index is 12.7. The Morgan fingerprint density at radius 3 is 2.19 bits per heavy atom. The Labute approximate surface area is 164 Å². The van der Waals surface area contributed by atoms with E-state index in [1.807, 2.05) is 42.5 Å². The molecule has 0 N–H and O–H groups in total. The normalized spacial score (nSPS) is 14.1. The van der Waals surface area contributed by atoms with Gasteiger partial charge in [0, 0.05) is 42.4 Å². The Morgan fingerprint density at radius 1 is 0.926 bits per heavy atom. The number of carbonyl (C=O) groups excluding carboxylic acids is 2. The van der Waals surface area contributed by atoms with Gasteiger partial charge in [0.1, 0.15) is 0 Å². The summed E-state index contributed by atoms with van der Waals surface area (Å²) in [6, 6.07) is 18.1. The van der Waals surface area contributed by atoms with Crippen LogP contribution in [0.5, 0.6) is 0 Å².